The van der Waals surface area contributed by atoms with Gasteiger partial charge in [0.1, 0.15) is 12.4 Å². The quantitative estimate of drug-likeness (QED) is 0.767. The number of piperidine rings is 1. The number of hydrogen-bond donors (Lipinski definition) is 1. The van der Waals surface area contributed by atoms with Crippen LogP contribution in [0.4, 0.5) is 10.5 Å². The minimum absolute atomic E-state index is 0.0344. The molecular formula is C24H31N3O4. The number of likely N-dealkylation sites (N-methyl/N-ethyl adjacent to an activating group) is 1. The highest BCUT2D eigenvalue weighted by atomic mass is 16.6. The van der Waals surface area contributed by atoms with Crippen molar-refractivity contribution >= 4 is 11.7 Å². The second kappa shape index (κ2) is 9.81. The van der Waals surface area contributed by atoms with Crippen LogP contribution in [0.25, 0.3) is 0 Å². The number of carbonyl (C=O) groups is 1. The summed E-state index contributed by atoms with van der Waals surface area (Å²) in [6.07, 6.45) is 1.68. The van der Waals surface area contributed by atoms with E-state index >= 15 is 0 Å². The third kappa shape index (κ3) is 5.16. The molecule has 1 unspecified atom stereocenters. The highest BCUT2D eigenvalue weighted by Gasteiger charge is 2.27. The highest BCUT2D eigenvalue weighted by molar-refractivity contribution is 5.74. The molecule has 0 saturated carbocycles. The average Bonchev–Trinajstić information content (AvgIpc) is 2.83. The summed E-state index contributed by atoms with van der Waals surface area (Å²) in [7, 11) is 1.68. The lowest BCUT2D eigenvalue weighted by atomic mass is 10.0. The summed E-state index contributed by atoms with van der Waals surface area (Å²) in [6.45, 7) is 5.39. The largest absolute Gasteiger partial charge is 0.497 e. The van der Waals surface area contributed by atoms with E-state index in [0.29, 0.717) is 19.7 Å². The number of carbonyl (C=O) groups excluding carboxylic acids is 1. The Labute approximate surface area is 183 Å². The van der Waals surface area contributed by atoms with Gasteiger partial charge in [-0.25, -0.2) is 4.79 Å². The lowest BCUT2D eigenvalue weighted by Crippen LogP contribution is -2.52. The van der Waals surface area contributed by atoms with E-state index in [1.165, 1.54) is 5.69 Å². The van der Waals surface area contributed by atoms with E-state index in [2.05, 4.69) is 22.3 Å². The third-order valence-corrected chi connectivity index (χ3v) is 5.92. The first kappa shape index (κ1) is 21.2. The molecule has 166 valence electrons. The molecule has 1 atom stereocenters. The van der Waals surface area contributed by atoms with Crippen LogP contribution < -0.4 is 24.4 Å². The number of urea groups is 1. The Kier molecular flexibility index (Phi) is 6.70. The number of benzene rings is 2. The van der Waals surface area contributed by atoms with Crippen molar-refractivity contribution in [2.45, 2.75) is 31.9 Å². The van der Waals surface area contributed by atoms with Crippen LogP contribution in [-0.4, -0.2) is 63.0 Å². The number of nitrogens with one attached hydrogen (secondary N) is 1. The monoisotopic (exact) mass is 425 g/mol. The van der Waals surface area contributed by atoms with Crippen molar-refractivity contribution < 1.29 is 19.0 Å². The third-order valence-electron chi connectivity index (χ3n) is 5.92. The highest BCUT2D eigenvalue weighted by Crippen LogP contribution is 2.31. The predicted octanol–water partition coefficient (Wildman–Crippen LogP) is 3.54. The number of anilines is 1. The SMILES string of the molecule is CCN(CC1COc2ccccc2O1)C(=O)NC1CCN(c2ccc(OC)cc2)CC1. The van der Waals surface area contributed by atoms with Crippen LogP contribution in [0.5, 0.6) is 17.2 Å². The maximum atomic E-state index is 12.9. The van der Waals surface area contributed by atoms with Crippen molar-refractivity contribution in [3.05, 3.63) is 48.5 Å². The van der Waals surface area contributed by atoms with Gasteiger partial charge in [-0.15, -0.1) is 0 Å². The number of para-hydroxylation sites is 2. The summed E-state index contributed by atoms with van der Waals surface area (Å²) >= 11 is 0. The molecule has 0 aliphatic carbocycles. The number of fused-ring (bicyclic) bond motifs is 1. The van der Waals surface area contributed by atoms with Crippen molar-refractivity contribution in [3.63, 3.8) is 0 Å². The van der Waals surface area contributed by atoms with Gasteiger partial charge in [0, 0.05) is 31.4 Å². The molecule has 0 aromatic heterocycles. The lowest BCUT2D eigenvalue weighted by molar-refractivity contribution is 0.0670. The molecule has 2 aliphatic rings. The fourth-order valence-corrected chi connectivity index (χ4v) is 4.10. The number of amides is 2. The summed E-state index contributed by atoms with van der Waals surface area (Å²) < 4.78 is 17.0. The molecule has 2 aliphatic heterocycles. The van der Waals surface area contributed by atoms with E-state index in [0.717, 1.165) is 43.2 Å². The van der Waals surface area contributed by atoms with Gasteiger partial charge in [0.2, 0.25) is 0 Å². The van der Waals surface area contributed by atoms with E-state index < -0.39 is 0 Å². The van der Waals surface area contributed by atoms with Crippen LogP contribution in [0.15, 0.2) is 48.5 Å². The number of ether oxygens (including phenoxy) is 3. The summed E-state index contributed by atoms with van der Waals surface area (Å²) in [5.74, 6) is 2.36. The number of nitrogens with zero attached hydrogens (tertiary/aromatic N) is 2. The van der Waals surface area contributed by atoms with Crippen LogP contribution in [0.1, 0.15) is 19.8 Å². The zero-order chi connectivity index (χ0) is 21.6. The van der Waals surface area contributed by atoms with E-state index in [-0.39, 0.29) is 18.2 Å². The molecule has 2 aromatic rings. The molecule has 2 aromatic carbocycles. The number of methoxy groups -OCH3 is 1. The Balaban J connectivity index is 1.25. The number of hydrogen-bond acceptors (Lipinski definition) is 5. The molecule has 0 bridgehead atoms. The van der Waals surface area contributed by atoms with Gasteiger partial charge in [0.15, 0.2) is 17.6 Å². The minimum atomic E-state index is -0.169. The predicted molar refractivity (Wildman–Crippen MR) is 120 cm³/mol. The van der Waals surface area contributed by atoms with Gasteiger partial charge in [-0.2, -0.15) is 0 Å². The Hall–Kier alpha value is -3.09. The summed E-state index contributed by atoms with van der Waals surface area (Å²) in [5, 5.41) is 3.21. The van der Waals surface area contributed by atoms with Crippen LogP contribution in [0.2, 0.25) is 0 Å². The molecule has 7 nitrogen and oxygen atoms in total. The van der Waals surface area contributed by atoms with Crippen molar-refractivity contribution in [2.24, 2.45) is 0 Å². The molecule has 2 amide bonds. The standard InChI is InChI=1S/C24H31N3O4/c1-3-26(16-21-17-30-22-6-4-5-7-23(22)31-21)24(28)25-18-12-14-27(15-13-18)19-8-10-20(29-2)11-9-19/h4-11,18,21H,3,12-17H2,1-2H3,(H,25,28). The molecule has 31 heavy (non-hydrogen) atoms. The summed E-state index contributed by atoms with van der Waals surface area (Å²) in [6, 6.07) is 15.9. The van der Waals surface area contributed by atoms with Gasteiger partial charge in [0.25, 0.3) is 0 Å². The fourth-order valence-electron chi connectivity index (χ4n) is 4.10. The molecule has 1 N–H and O–H groups in total. The van der Waals surface area contributed by atoms with Crippen molar-refractivity contribution in [3.8, 4) is 17.2 Å². The second-order valence-electron chi connectivity index (χ2n) is 7.95. The first-order valence-electron chi connectivity index (χ1n) is 11.0. The topological polar surface area (TPSA) is 63.3 Å². The molecule has 1 fully saturated rings. The first-order chi connectivity index (χ1) is 15.2. The van der Waals surface area contributed by atoms with Crippen molar-refractivity contribution in [2.75, 3.05) is 44.8 Å². The number of rotatable bonds is 6. The maximum absolute atomic E-state index is 12.9. The van der Waals surface area contributed by atoms with Gasteiger partial charge >= 0.3 is 6.03 Å². The Morgan fingerprint density at radius 3 is 2.52 bits per heavy atom. The van der Waals surface area contributed by atoms with Gasteiger partial charge in [-0.05, 0) is 56.2 Å². The lowest BCUT2D eigenvalue weighted by Gasteiger charge is -2.36. The molecule has 7 heteroatoms. The summed E-state index contributed by atoms with van der Waals surface area (Å²) in [5.41, 5.74) is 1.19. The zero-order valence-electron chi connectivity index (χ0n) is 18.3. The van der Waals surface area contributed by atoms with E-state index in [9.17, 15) is 4.79 Å². The molecule has 2 heterocycles. The van der Waals surface area contributed by atoms with Crippen molar-refractivity contribution in [1.82, 2.24) is 10.2 Å². The zero-order valence-corrected chi connectivity index (χ0v) is 18.3. The maximum Gasteiger partial charge on any atom is 0.317 e. The average molecular weight is 426 g/mol. The van der Waals surface area contributed by atoms with Gasteiger partial charge in [-0.1, -0.05) is 12.1 Å². The van der Waals surface area contributed by atoms with E-state index in [1.54, 1.807) is 12.0 Å². The van der Waals surface area contributed by atoms with E-state index in [1.807, 2.05) is 43.3 Å². The van der Waals surface area contributed by atoms with Gasteiger partial charge in [-0.3, -0.25) is 0 Å². The molecule has 1 saturated heterocycles. The Bertz CT molecular complexity index is 865. The normalized spacial score (nSPS) is 18.4. The van der Waals surface area contributed by atoms with Gasteiger partial charge < -0.3 is 29.3 Å². The van der Waals surface area contributed by atoms with Crippen LogP contribution >= 0.6 is 0 Å². The Morgan fingerprint density at radius 1 is 1.13 bits per heavy atom. The smallest absolute Gasteiger partial charge is 0.317 e. The fraction of sp³-hybridized carbons (Fsp3) is 0.458. The molecular weight excluding hydrogens is 394 g/mol. The minimum Gasteiger partial charge on any atom is -0.497 e. The Morgan fingerprint density at radius 2 is 1.84 bits per heavy atom. The van der Waals surface area contributed by atoms with Crippen molar-refractivity contribution in [1.29, 1.82) is 0 Å². The molecule has 0 spiro atoms. The molecule has 4 rings (SSSR count). The second-order valence-corrected chi connectivity index (χ2v) is 7.95. The van der Waals surface area contributed by atoms with E-state index in [4.69, 9.17) is 14.2 Å². The first-order valence-corrected chi connectivity index (χ1v) is 11.0. The van der Waals surface area contributed by atoms with Gasteiger partial charge in [0.05, 0.1) is 13.7 Å². The van der Waals surface area contributed by atoms with Crippen LogP contribution in [-0.2, 0) is 0 Å². The van der Waals surface area contributed by atoms with Crippen LogP contribution in [0.3, 0.4) is 0 Å². The molecule has 0 radical (unpaired) electrons. The van der Waals surface area contributed by atoms with Crippen LogP contribution in [0, 0.1) is 0 Å². The summed E-state index contributed by atoms with van der Waals surface area (Å²) in [4.78, 5) is 17.0.